The Balaban J connectivity index is 1.61. The number of nitrogens with zero attached hydrogens (tertiary/aromatic N) is 3. The Hall–Kier alpha value is -3.11. The van der Waals surface area contributed by atoms with E-state index >= 15 is 0 Å². The lowest BCUT2D eigenvalue weighted by atomic mass is 10.1. The minimum atomic E-state index is -0.124. The summed E-state index contributed by atoms with van der Waals surface area (Å²) in [4.78, 5) is 12.2. The standard InChI is InChI=1S/C21H24ClN5O4S/c1-29-16-10-14(11-17(30-2)19(16)31-3)20-25-26-21(27(20)23)32-12-18(28)24-9-8-13-4-6-15(22)7-5-13/h4-7,10-11H,8-9,12,23H2,1-3H3,(H,24,28). The molecule has 9 nitrogen and oxygen atoms in total. The number of carbonyl (C=O) groups is 1. The van der Waals surface area contributed by atoms with Crippen LogP contribution in [0.4, 0.5) is 0 Å². The lowest BCUT2D eigenvalue weighted by molar-refractivity contribution is -0.118. The molecule has 2 aromatic carbocycles. The maximum absolute atomic E-state index is 12.2. The molecule has 1 amide bonds. The smallest absolute Gasteiger partial charge is 0.230 e. The number of nitrogen functional groups attached to an aromatic ring is 1. The molecular weight excluding hydrogens is 454 g/mol. The van der Waals surface area contributed by atoms with Crippen molar-refractivity contribution >= 4 is 29.3 Å². The average molecular weight is 478 g/mol. The predicted octanol–water partition coefficient (Wildman–Crippen LogP) is 2.79. The van der Waals surface area contributed by atoms with Gasteiger partial charge in [0.2, 0.25) is 16.8 Å². The quantitative estimate of drug-likeness (QED) is 0.338. The van der Waals surface area contributed by atoms with E-state index in [0.29, 0.717) is 51.8 Å². The van der Waals surface area contributed by atoms with E-state index in [0.717, 1.165) is 5.56 Å². The second kappa shape index (κ2) is 11.0. The van der Waals surface area contributed by atoms with E-state index < -0.39 is 0 Å². The summed E-state index contributed by atoms with van der Waals surface area (Å²) in [5.41, 5.74) is 1.73. The van der Waals surface area contributed by atoms with Crippen molar-refractivity contribution in [3.05, 3.63) is 47.0 Å². The molecule has 0 aliphatic heterocycles. The third-order valence-electron chi connectivity index (χ3n) is 4.57. The fraction of sp³-hybridized carbons (Fsp3) is 0.286. The van der Waals surface area contributed by atoms with Crippen molar-refractivity contribution in [1.82, 2.24) is 20.2 Å². The second-order valence-corrected chi connectivity index (χ2v) is 7.98. The molecule has 32 heavy (non-hydrogen) atoms. The summed E-state index contributed by atoms with van der Waals surface area (Å²) in [7, 11) is 4.59. The molecule has 11 heteroatoms. The number of nitrogens with two attached hydrogens (primary N) is 1. The van der Waals surface area contributed by atoms with Crippen molar-refractivity contribution in [1.29, 1.82) is 0 Å². The highest BCUT2D eigenvalue weighted by atomic mass is 35.5. The molecule has 3 aromatic rings. The van der Waals surface area contributed by atoms with Crippen LogP contribution in [0.3, 0.4) is 0 Å². The molecule has 0 aliphatic rings. The highest BCUT2D eigenvalue weighted by molar-refractivity contribution is 7.99. The zero-order valence-electron chi connectivity index (χ0n) is 17.9. The average Bonchev–Trinajstić information content (AvgIpc) is 3.18. The summed E-state index contributed by atoms with van der Waals surface area (Å²) in [6, 6.07) is 11.0. The van der Waals surface area contributed by atoms with Gasteiger partial charge in [-0.05, 0) is 36.2 Å². The number of carbonyl (C=O) groups excluding carboxylic acids is 1. The molecule has 1 aromatic heterocycles. The maximum Gasteiger partial charge on any atom is 0.230 e. The topological polar surface area (TPSA) is 114 Å². The lowest BCUT2D eigenvalue weighted by Gasteiger charge is -2.13. The fourth-order valence-corrected chi connectivity index (χ4v) is 3.77. The van der Waals surface area contributed by atoms with Gasteiger partial charge in [0.25, 0.3) is 0 Å². The van der Waals surface area contributed by atoms with Gasteiger partial charge in [0.1, 0.15) is 0 Å². The van der Waals surface area contributed by atoms with Crippen LogP contribution in [0.5, 0.6) is 17.2 Å². The molecule has 0 spiro atoms. The number of methoxy groups -OCH3 is 3. The van der Waals surface area contributed by atoms with Crippen LogP contribution < -0.4 is 25.4 Å². The van der Waals surface area contributed by atoms with Crippen molar-refractivity contribution in [2.24, 2.45) is 0 Å². The Labute approximate surface area is 195 Å². The zero-order valence-corrected chi connectivity index (χ0v) is 19.5. The molecule has 170 valence electrons. The maximum atomic E-state index is 12.2. The number of amides is 1. The predicted molar refractivity (Wildman–Crippen MR) is 124 cm³/mol. The van der Waals surface area contributed by atoms with Crippen LogP contribution in [0.2, 0.25) is 5.02 Å². The van der Waals surface area contributed by atoms with E-state index in [9.17, 15) is 4.79 Å². The first-order valence-electron chi connectivity index (χ1n) is 9.61. The second-order valence-electron chi connectivity index (χ2n) is 6.61. The van der Waals surface area contributed by atoms with Gasteiger partial charge in [0, 0.05) is 17.1 Å². The number of hydrogen-bond donors (Lipinski definition) is 2. The summed E-state index contributed by atoms with van der Waals surface area (Å²) in [5.74, 6) is 8.02. The van der Waals surface area contributed by atoms with Gasteiger partial charge in [-0.25, -0.2) is 4.68 Å². The van der Waals surface area contributed by atoms with Gasteiger partial charge in [0.15, 0.2) is 17.3 Å². The van der Waals surface area contributed by atoms with Crippen molar-refractivity contribution in [2.75, 3.05) is 39.5 Å². The molecule has 3 N–H and O–H groups in total. The van der Waals surface area contributed by atoms with Gasteiger partial charge in [-0.15, -0.1) is 10.2 Å². The highest BCUT2D eigenvalue weighted by Gasteiger charge is 2.19. The number of benzene rings is 2. The molecule has 0 saturated carbocycles. The van der Waals surface area contributed by atoms with Crippen LogP contribution in [0, 0.1) is 0 Å². The van der Waals surface area contributed by atoms with Crippen molar-refractivity contribution in [2.45, 2.75) is 11.6 Å². The highest BCUT2D eigenvalue weighted by Crippen LogP contribution is 2.40. The third kappa shape index (κ3) is 5.57. The Morgan fingerprint density at radius 2 is 1.75 bits per heavy atom. The molecule has 1 heterocycles. The number of nitrogens with one attached hydrogen (secondary N) is 1. The number of hydrogen-bond acceptors (Lipinski definition) is 8. The van der Waals surface area contributed by atoms with Gasteiger partial charge in [-0.2, -0.15) is 0 Å². The normalized spacial score (nSPS) is 10.6. The van der Waals surface area contributed by atoms with Crippen LogP contribution in [-0.4, -0.2) is 54.4 Å². The molecule has 0 aliphatic carbocycles. The third-order valence-corrected chi connectivity index (χ3v) is 5.76. The van der Waals surface area contributed by atoms with Gasteiger partial charge in [-0.3, -0.25) is 4.79 Å². The van der Waals surface area contributed by atoms with Gasteiger partial charge < -0.3 is 25.4 Å². The van der Waals surface area contributed by atoms with Crippen LogP contribution >= 0.6 is 23.4 Å². The first kappa shape index (κ1) is 23.6. The van der Waals surface area contributed by atoms with E-state index in [-0.39, 0.29) is 11.7 Å². The molecular formula is C21H24ClN5O4S. The number of ether oxygens (including phenoxy) is 3. The summed E-state index contributed by atoms with van der Waals surface area (Å²) in [6.45, 7) is 0.521. The van der Waals surface area contributed by atoms with E-state index in [2.05, 4.69) is 15.5 Å². The van der Waals surface area contributed by atoms with E-state index in [1.807, 2.05) is 24.3 Å². The number of halogens is 1. The Morgan fingerprint density at radius 3 is 2.34 bits per heavy atom. The van der Waals surface area contributed by atoms with Crippen LogP contribution in [-0.2, 0) is 11.2 Å². The van der Waals surface area contributed by atoms with Gasteiger partial charge >= 0.3 is 0 Å². The van der Waals surface area contributed by atoms with Gasteiger partial charge in [-0.1, -0.05) is 35.5 Å². The first-order chi connectivity index (χ1) is 15.5. The monoisotopic (exact) mass is 477 g/mol. The van der Waals surface area contributed by atoms with E-state index in [1.165, 1.54) is 37.8 Å². The minimum absolute atomic E-state index is 0.124. The number of rotatable bonds is 10. The molecule has 3 rings (SSSR count). The number of aromatic nitrogens is 3. The van der Waals surface area contributed by atoms with Crippen molar-refractivity contribution in [3.8, 4) is 28.6 Å². The minimum Gasteiger partial charge on any atom is -0.493 e. The Bertz CT molecular complexity index is 1050. The molecule has 0 bridgehead atoms. The molecule has 0 radical (unpaired) electrons. The van der Waals surface area contributed by atoms with E-state index in [4.69, 9.17) is 31.7 Å². The summed E-state index contributed by atoms with van der Waals surface area (Å²) in [6.07, 6.45) is 0.714. The van der Waals surface area contributed by atoms with Crippen molar-refractivity contribution in [3.63, 3.8) is 0 Å². The largest absolute Gasteiger partial charge is 0.493 e. The Morgan fingerprint density at radius 1 is 1.09 bits per heavy atom. The molecule has 0 saturated heterocycles. The Kier molecular flexibility index (Phi) is 8.07. The molecule has 0 unspecified atom stereocenters. The number of thioether (sulfide) groups is 1. The SMILES string of the molecule is COc1cc(-c2nnc(SCC(=O)NCCc3ccc(Cl)cc3)n2N)cc(OC)c1OC. The van der Waals surface area contributed by atoms with Crippen LogP contribution in [0.25, 0.3) is 11.4 Å². The zero-order chi connectivity index (χ0) is 23.1. The van der Waals surface area contributed by atoms with Crippen LogP contribution in [0.1, 0.15) is 5.56 Å². The van der Waals surface area contributed by atoms with Crippen molar-refractivity contribution < 1.29 is 19.0 Å². The summed E-state index contributed by atoms with van der Waals surface area (Å²) >= 11 is 7.07. The summed E-state index contributed by atoms with van der Waals surface area (Å²) < 4.78 is 17.4. The van der Waals surface area contributed by atoms with E-state index in [1.54, 1.807) is 12.1 Å². The lowest BCUT2D eigenvalue weighted by Crippen LogP contribution is -2.27. The molecule has 0 fully saturated rings. The molecule has 0 atom stereocenters. The fourth-order valence-electron chi connectivity index (χ4n) is 2.96. The van der Waals surface area contributed by atoms with Gasteiger partial charge in [0.05, 0.1) is 27.1 Å². The van der Waals surface area contributed by atoms with Crippen LogP contribution in [0.15, 0.2) is 41.6 Å². The summed E-state index contributed by atoms with van der Waals surface area (Å²) in [5, 5.41) is 12.2. The first-order valence-corrected chi connectivity index (χ1v) is 11.0.